The van der Waals surface area contributed by atoms with Crippen LogP contribution in [0.3, 0.4) is 0 Å². The molecule has 1 saturated heterocycles. The van der Waals surface area contributed by atoms with Crippen molar-refractivity contribution in [2.24, 2.45) is 0 Å². The van der Waals surface area contributed by atoms with Gasteiger partial charge in [-0.25, -0.2) is 8.42 Å². The highest BCUT2D eigenvalue weighted by atomic mass is 32.2. The van der Waals surface area contributed by atoms with Crippen molar-refractivity contribution in [2.75, 3.05) is 11.5 Å². The molecule has 2 rings (SSSR count). The van der Waals surface area contributed by atoms with Gasteiger partial charge in [-0.05, 0) is 19.4 Å². The fourth-order valence-corrected chi connectivity index (χ4v) is 4.10. The monoisotopic (exact) mass is 269 g/mol. The average molecular weight is 269 g/mol. The van der Waals surface area contributed by atoms with Gasteiger partial charge in [0.25, 0.3) is 0 Å². The van der Waals surface area contributed by atoms with E-state index in [4.69, 9.17) is 0 Å². The molecule has 0 aliphatic carbocycles. The van der Waals surface area contributed by atoms with E-state index >= 15 is 0 Å². The molecule has 1 fully saturated rings. The van der Waals surface area contributed by atoms with Gasteiger partial charge in [0.2, 0.25) is 0 Å². The van der Waals surface area contributed by atoms with E-state index in [1.165, 1.54) is 5.56 Å². The minimum atomic E-state index is -3.09. The Morgan fingerprint density at radius 2 is 2.11 bits per heavy atom. The average Bonchev–Trinajstić information content (AvgIpc) is 2.51. The molecule has 3 atom stereocenters. The number of aliphatic hydroxyl groups excluding tert-OH is 1. The second-order valence-electron chi connectivity index (χ2n) is 5.05. The highest BCUT2D eigenvalue weighted by Gasteiger charge is 2.36. The first-order valence-electron chi connectivity index (χ1n) is 6.08. The SMILES string of the molecule is Cc1cccc([C@H](C)NC2CS(=O)(=O)CC2O)c1. The Hall–Kier alpha value is -0.910. The van der Waals surface area contributed by atoms with E-state index in [2.05, 4.69) is 11.4 Å². The summed E-state index contributed by atoms with van der Waals surface area (Å²) in [6, 6.07) is 7.72. The van der Waals surface area contributed by atoms with Crippen molar-refractivity contribution < 1.29 is 13.5 Å². The van der Waals surface area contributed by atoms with E-state index in [0.717, 1.165) is 5.56 Å². The molecule has 0 aromatic heterocycles. The molecule has 100 valence electrons. The van der Waals surface area contributed by atoms with Gasteiger partial charge >= 0.3 is 0 Å². The van der Waals surface area contributed by atoms with E-state index < -0.39 is 15.9 Å². The number of aryl methyl sites for hydroxylation is 1. The van der Waals surface area contributed by atoms with Crippen LogP contribution in [0.5, 0.6) is 0 Å². The van der Waals surface area contributed by atoms with Crippen molar-refractivity contribution in [3.05, 3.63) is 35.4 Å². The van der Waals surface area contributed by atoms with Crippen LogP contribution in [0.2, 0.25) is 0 Å². The fourth-order valence-electron chi connectivity index (χ4n) is 2.35. The van der Waals surface area contributed by atoms with Crippen molar-refractivity contribution in [3.63, 3.8) is 0 Å². The molecular weight excluding hydrogens is 250 g/mol. The molecule has 0 bridgehead atoms. The zero-order valence-corrected chi connectivity index (χ0v) is 11.4. The number of hydrogen-bond acceptors (Lipinski definition) is 4. The van der Waals surface area contributed by atoms with Crippen molar-refractivity contribution in [2.45, 2.75) is 32.0 Å². The van der Waals surface area contributed by atoms with E-state index in [0.29, 0.717) is 0 Å². The maximum absolute atomic E-state index is 11.4. The molecule has 0 spiro atoms. The molecule has 0 radical (unpaired) electrons. The Labute approximate surface area is 108 Å². The summed E-state index contributed by atoms with van der Waals surface area (Å²) in [5, 5.41) is 12.9. The molecule has 5 heteroatoms. The number of nitrogens with one attached hydrogen (secondary N) is 1. The Bertz CT molecular complexity index is 527. The molecule has 1 heterocycles. The van der Waals surface area contributed by atoms with Crippen LogP contribution in [0.4, 0.5) is 0 Å². The number of hydrogen-bond donors (Lipinski definition) is 2. The molecule has 18 heavy (non-hydrogen) atoms. The molecule has 1 aromatic rings. The number of benzene rings is 1. The first kappa shape index (κ1) is 13.5. The summed E-state index contributed by atoms with van der Waals surface area (Å²) < 4.78 is 22.8. The number of sulfone groups is 1. The molecule has 2 N–H and O–H groups in total. The molecule has 1 aliphatic heterocycles. The summed E-state index contributed by atoms with van der Waals surface area (Å²) in [5.74, 6) is -0.116. The molecule has 1 aromatic carbocycles. The van der Waals surface area contributed by atoms with Crippen molar-refractivity contribution >= 4 is 9.84 Å². The number of rotatable bonds is 3. The van der Waals surface area contributed by atoms with Crippen LogP contribution in [-0.4, -0.2) is 37.2 Å². The maximum Gasteiger partial charge on any atom is 0.154 e. The third-order valence-electron chi connectivity index (χ3n) is 3.33. The summed E-state index contributed by atoms with van der Waals surface area (Å²) in [5.41, 5.74) is 2.27. The van der Waals surface area contributed by atoms with Gasteiger partial charge in [0.15, 0.2) is 9.84 Å². The van der Waals surface area contributed by atoms with E-state index in [1.807, 2.05) is 32.0 Å². The second-order valence-corrected chi connectivity index (χ2v) is 7.21. The lowest BCUT2D eigenvalue weighted by Gasteiger charge is -2.21. The van der Waals surface area contributed by atoms with Gasteiger partial charge in [0, 0.05) is 12.1 Å². The van der Waals surface area contributed by atoms with Crippen molar-refractivity contribution in [1.82, 2.24) is 5.32 Å². The van der Waals surface area contributed by atoms with Gasteiger partial charge in [0.1, 0.15) is 0 Å². The fraction of sp³-hybridized carbons (Fsp3) is 0.538. The van der Waals surface area contributed by atoms with E-state index in [1.54, 1.807) is 0 Å². The largest absolute Gasteiger partial charge is 0.390 e. The topological polar surface area (TPSA) is 66.4 Å². The third-order valence-corrected chi connectivity index (χ3v) is 5.05. The van der Waals surface area contributed by atoms with Gasteiger partial charge in [-0.1, -0.05) is 29.8 Å². The Balaban J connectivity index is 2.06. The highest BCUT2D eigenvalue weighted by Crippen LogP contribution is 2.19. The van der Waals surface area contributed by atoms with Gasteiger partial charge in [-0.15, -0.1) is 0 Å². The van der Waals surface area contributed by atoms with Crippen LogP contribution in [0.15, 0.2) is 24.3 Å². The first-order chi connectivity index (χ1) is 8.37. The molecule has 0 saturated carbocycles. The first-order valence-corrected chi connectivity index (χ1v) is 7.90. The zero-order chi connectivity index (χ0) is 13.3. The molecule has 0 amide bonds. The molecule has 4 nitrogen and oxygen atoms in total. The summed E-state index contributed by atoms with van der Waals surface area (Å²) in [7, 11) is -3.09. The Morgan fingerprint density at radius 3 is 2.67 bits per heavy atom. The molecule has 2 unspecified atom stereocenters. The Morgan fingerprint density at radius 1 is 1.39 bits per heavy atom. The lowest BCUT2D eigenvalue weighted by atomic mass is 10.0. The van der Waals surface area contributed by atoms with E-state index in [9.17, 15) is 13.5 Å². The van der Waals surface area contributed by atoms with Crippen molar-refractivity contribution in [3.8, 4) is 0 Å². The lowest BCUT2D eigenvalue weighted by molar-refractivity contribution is 0.160. The van der Waals surface area contributed by atoms with Gasteiger partial charge in [0.05, 0.1) is 17.6 Å². The smallest absolute Gasteiger partial charge is 0.154 e. The van der Waals surface area contributed by atoms with Gasteiger partial charge in [-0.3, -0.25) is 0 Å². The maximum atomic E-state index is 11.4. The van der Waals surface area contributed by atoms with Gasteiger partial charge in [-0.2, -0.15) is 0 Å². The van der Waals surface area contributed by atoms with Crippen LogP contribution in [-0.2, 0) is 9.84 Å². The minimum absolute atomic E-state index is 0.0182. The van der Waals surface area contributed by atoms with Crippen LogP contribution in [0.25, 0.3) is 0 Å². The van der Waals surface area contributed by atoms with Crippen molar-refractivity contribution in [1.29, 1.82) is 0 Å². The normalized spacial score (nSPS) is 28.2. The second kappa shape index (κ2) is 4.99. The zero-order valence-electron chi connectivity index (χ0n) is 10.6. The summed E-state index contributed by atoms with van der Waals surface area (Å²) in [6.07, 6.45) is -0.803. The Kier molecular flexibility index (Phi) is 3.75. The predicted octanol–water partition coefficient (Wildman–Crippen LogP) is 0.804. The highest BCUT2D eigenvalue weighted by molar-refractivity contribution is 7.91. The van der Waals surface area contributed by atoms with Crippen LogP contribution in [0, 0.1) is 6.92 Å². The molecule has 1 aliphatic rings. The molecular formula is C13H19NO3S. The van der Waals surface area contributed by atoms with Crippen LogP contribution < -0.4 is 5.32 Å². The van der Waals surface area contributed by atoms with Gasteiger partial charge < -0.3 is 10.4 Å². The summed E-state index contributed by atoms with van der Waals surface area (Å²) >= 11 is 0. The quantitative estimate of drug-likeness (QED) is 0.852. The predicted molar refractivity (Wildman–Crippen MR) is 71.2 cm³/mol. The van der Waals surface area contributed by atoms with Crippen LogP contribution >= 0.6 is 0 Å². The lowest BCUT2D eigenvalue weighted by Crippen LogP contribution is -2.40. The van der Waals surface area contributed by atoms with E-state index in [-0.39, 0.29) is 23.6 Å². The summed E-state index contributed by atoms with van der Waals surface area (Å²) in [4.78, 5) is 0. The summed E-state index contributed by atoms with van der Waals surface area (Å²) in [6.45, 7) is 4.00. The number of aliphatic hydroxyl groups is 1. The minimum Gasteiger partial charge on any atom is -0.390 e. The third kappa shape index (κ3) is 3.10. The van der Waals surface area contributed by atoms with Crippen LogP contribution in [0.1, 0.15) is 24.1 Å². The standard InChI is InChI=1S/C13H19NO3S/c1-9-4-3-5-11(6-9)10(2)14-12-7-18(16,17)8-13(12)15/h3-6,10,12-15H,7-8H2,1-2H3/t10-,12?,13?/m0/s1.